The third-order valence-electron chi connectivity index (χ3n) is 13.1. The van der Waals surface area contributed by atoms with Gasteiger partial charge in [-0.15, -0.1) is 35.7 Å². The van der Waals surface area contributed by atoms with E-state index in [4.69, 9.17) is 9.72 Å². The Labute approximate surface area is 411 Å². The summed E-state index contributed by atoms with van der Waals surface area (Å²) < 4.78 is 13.5. The normalized spacial score (nSPS) is 11.8. The second-order valence-corrected chi connectivity index (χ2v) is 18.6. The van der Waals surface area contributed by atoms with Crippen LogP contribution in [0.3, 0.4) is 0 Å². The summed E-state index contributed by atoms with van der Waals surface area (Å²) in [6, 6.07) is 71.9. The van der Waals surface area contributed by atoms with Crippen LogP contribution in [-0.2, 0) is 26.5 Å². The molecule has 12 rings (SSSR count). The molecule has 0 saturated heterocycles. The second-order valence-electron chi connectivity index (χ2n) is 18.6. The Morgan fingerprint density at radius 1 is 0.559 bits per heavy atom. The Hall–Kier alpha value is -7.59. The third-order valence-corrected chi connectivity index (χ3v) is 13.1. The van der Waals surface area contributed by atoms with Crippen LogP contribution in [-0.4, -0.2) is 14.1 Å². The van der Waals surface area contributed by atoms with E-state index in [2.05, 4.69) is 231 Å². The monoisotopic (exact) mass is 1060 g/mol. The van der Waals surface area contributed by atoms with Gasteiger partial charge in [0.2, 0.25) is 0 Å². The molecule has 3 aromatic heterocycles. The molecule has 6 heteroatoms. The minimum absolute atomic E-state index is 0. The van der Waals surface area contributed by atoms with Crippen LogP contribution >= 0.6 is 0 Å². The van der Waals surface area contributed by atoms with Crippen LogP contribution in [0.25, 0.3) is 94.5 Å². The van der Waals surface area contributed by atoms with E-state index in [9.17, 15) is 0 Å². The largest absolute Gasteiger partial charge is 0.503 e. The van der Waals surface area contributed by atoms with Gasteiger partial charge in [0, 0.05) is 44.3 Å². The maximum atomic E-state index is 6.74. The molecule has 0 N–H and O–H groups in total. The average molecular weight is 1060 g/mol. The van der Waals surface area contributed by atoms with Gasteiger partial charge in [-0.25, -0.2) is 4.98 Å². The van der Waals surface area contributed by atoms with E-state index in [1.54, 1.807) is 0 Å². The van der Waals surface area contributed by atoms with Crippen molar-refractivity contribution in [3.8, 4) is 67.5 Å². The number of rotatable bonds is 6. The number of allylic oxidation sites excluding steroid dienone is 1. The topological polar surface area (TPSA) is 35.9 Å². The fourth-order valence-electron chi connectivity index (χ4n) is 10.0. The van der Waals surface area contributed by atoms with E-state index in [-0.39, 0.29) is 26.5 Å². The zero-order valence-electron chi connectivity index (χ0n) is 38.4. The Kier molecular flexibility index (Phi) is 10.7. The molecular formula is C62H46N4OPt-2. The number of nitrogens with zero attached hydrogens (tertiary/aromatic N) is 4. The fourth-order valence-corrected chi connectivity index (χ4v) is 10.0. The summed E-state index contributed by atoms with van der Waals surface area (Å²) in [5.41, 5.74) is 18.5. The van der Waals surface area contributed by atoms with E-state index in [1.165, 1.54) is 27.8 Å². The molecular weight excluding hydrogens is 1010 g/mol. The number of hydrogen-bond donors (Lipinski definition) is 0. The number of hydrogen-bond acceptors (Lipinski definition) is 2. The maximum absolute atomic E-state index is 6.74. The number of ether oxygens (including phenoxy) is 1. The summed E-state index contributed by atoms with van der Waals surface area (Å²) in [6.45, 7) is 11.0. The minimum Gasteiger partial charge on any atom is -0.503 e. The van der Waals surface area contributed by atoms with Gasteiger partial charge in [-0.2, -0.15) is 6.07 Å². The van der Waals surface area contributed by atoms with E-state index in [0.29, 0.717) is 11.5 Å². The van der Waals surface area contributed by atoms with Crippen molar-refractivity contribution in [1.29, 1.82) is 0 Å². The third kappa shape index (κ3) is 7.12. The van der Waals surface area contributed by atoms with Gasteiger partial charge in [0.25, 0.3) is 6.33 Å². The van der Waals surface area contributed by atoms with Gasteiger partial charge in [-0.1, -0.05) is 177 Å². The van der Waals surface area contributed by atoms with Gasteiger partial charge in [0.05, 0.1) is 22.4 Å². The standard InChI is InChI=1S/C62H46N4O.Pt/c1-40(2)59(42-20-15-21-44(36-42)67-45-32-33-52-51-26-13-14-30-55(51)66(57(52)38-45)58-37-43(34-35-63-58)62(3,4)5)64-39-65-60-46(41-18-7-6-8-19-41)27-16-28-53(60)49-24-11-9-22-47(49)48-23-10-12-25-50(48)54-29-17-31-56(64)61(54)65;/h6-35,37H,1-5H3;/q-2;. The van der Waals surface area contributed by atoms with Crippen molar-refractivity contribution in [2.75, 3.05) is 0 Å². The van der Waals surface area contributed by atoms with Crippen LogP contribution in [0.2, 0.25) is 0 Å². The summed E-state index contributed by atoms with van der Waals surface area (Å²) in [7, 11) is 0. The van der Waals surface area contributed by atoms with Crippen molar-refractivity contribution in [3.63, 3.8) is 0 Å². The van der Waals surface area contributed by atoms with Gasteiger partial charge >= 0.3 is 0 Å². The Morgan fingerprint density at radius 2 is 1.16 bits per heavy atom. The molecule has 1 aliphatic heterocycles. The molecule has 0 spiro atoms. The summed E-state index contributed by atoms with van der Waals surface area (Å²) in [5.74, 6) is 2.03. The van der Waals surface area contributed by atoms with Crippen molar-refractivity contribution in [2.45, 2.75) is 40.0 Å². The van der Waals surface area contributed by atoms with Gasteiger partial charge in [0.1, 0.15) is 5.82 Å². The molecule has 0 bridgehead atoms. The summed E-state index contributed by atoms with van der Waals surface area (Å²) in [4.78, 5) is 4.88. The number of benzene rings is 8. The van der Waals surface area contributed by atoms with Crippen molar-refractivity contribution in [2.24, 2.45) is 0 Å². The predicted octanol–water partition coefficient (Wildman–Crippen LogP) is 15.2. The second kappa shape index (κ2) is 16.9. The van der Waals surface area contributed by atoms with Gasteiger partial charge in [-0.05, 0) is 92.9 Å². The first-order chi connectivity index (χ1) is 32.7. The zero-order valence-corrected chi connectivity index (χ0v) is 40.7. The van der Waals surface area contributed by atoms with Crippen LogP contribution in [0, 0.1) is 18.5 Å². The first kappa shape index (κ1) is 43.0. The van der Waals surface area contributed by atoms with E-state index in [1.807, 2.05) is 24.4 Å². The SMILES string of the molecule is CC(C)=C(c1[c-]c(Oc2[c-]c3c(cc2)c2ccccc2n3-c2cc(C(C)(C)C)ccn2)ccc1)n1[c-][n+]2c3c(cccc31)-c1ccccc1-c1ccccc1-c1cccc(-c3ccccc3)c1-2.[Pt]. The molecule has 0 saturated carbocycles. The molecule has 4 heterocycles. The van der Waals surface area contributed by atoms with E-state index >= 15 is 0 Å². The molecule has 11 aromatic rings. The maximum Gasteiger partial charge on any atom is 0.269 e. The minimum atomic E-state index is -0.0336. The van der Waals surface area contributed by atoms with Crippen molar-refractivity contribution < 1.29 is 30.4 Å². The molecule has 68 heavy (non-hydrogen) atoms. The quantitative estimate of drug-likeness (QED) is 0.123. The number of para-hydroxylation sites is 3. The summed E-state index contributed by atoms with van der Waals surface area (Å²) in [6.07, 6.45) is 5.87. The molecule has 0 fully saturated rings. The van der Waals surface area contributed by atoms with Gasteiger partial charge < -0.3 is 9.30 Å². The van der Waals surface area contributed by atoms with Crippen LogP contribution in [0.1, 0.15) is 45.7 Å². The first-order valence-electron chi connectivity index (χ1n) is 22.9. The van der Waals surface area contributed by atoms with E-state index in [0.717, 1.165) is 83.4 Å². The number of imidazole rings is 1. The molecule has 8 aromatic carbocycles. The number of aromatic nitrogens is 4. The van der Waals surface area contributed by atoms with Crippen LogP contribution in [0.15, 0.2) is 194 Å². The van der Waals surface area contributed by atoms with Crippen molar-refractivity contribution in [3.05, 3.63) is 223 Å². The first-order valence-corrected chi connectivity index (χ1v) is 22.9. The van der Waals surface area contributed by atoms with Gasteiger partial charge in [-0.3, -0.25) is 9.13 Å². The van der Waals surface area contributed by atoms with E-state index < -0.39 is 0 Å². The van der Waals surface area contributed by atoms with Crippen LogP contribution < -0.4 is 9.30 Å². The molecule has 5 nitrogen and oxygen atoms in total. The smallest absolute Gasteiger partial charge is 0.269 e. The molecule has 0 amide bonds. The Bertz CT molecular complexity index is 3790. The Morgan fingerprint density at radius 3 is 1.91 bits per heavy atom. The molecule has 0 unspecified atom stereocenters. The van der Waals surface area contributed by atoms with Crippen molar-refractivity contribution >= 4 is 38.5 Å². The molecule has 0 atom stereocenters. The average Bonchev–Trinajstić information content (AvgIpc) is 3.90. The summed E-state index contributed by atoms with van der Waals surface area (Å²) in [5, 5.41) is 2.22. The number of pyridine rings is 1. The van der Waals surface area contributed by atoms with Crippen LogP contribution in [0.4, 0.5) is 0 Å². The predicted molar refractivity (Wildman–Crippen MR) is 273 cm³/mol. The number of fused-ring (bicyclic) bond motifs is 10. The molecule has 1 aliphatic rings. The van der Waals surface area contributed by atoms with Crippen LogP contribution in [0.5, 0.6) is 11.5 Å². The molecule has 0 aliphatic carbocycles. The Balaban J connectivity index is 0.00000507. The fraction of sp³-hybridized carbons (Fsp3) is 0.0968. The molecule has 332 valence electrons. The summed E-state index contributed by atoms with van der Waals surface area (Å²) >= 11 is 0. The van der Waals surface area contributed by atoms with Gasteiger partial charge in [0.15, 0.2) is 0 Å². The zero-order chi connectivity index (χ0) is 45.4. The molecule has 0 radical (unpaired) electrons. The van der Waals surface area contributed by atoms with Crippen molar-refractivity contribution in [1.82, 2.24) is 14.1 Å².